The molecule has 15 heteroatoms. The zero-order chi connectivity index (χ0) is 26.1. The van der Waals surface area contributed by atoms with Gasteiger partial charge >= 0.3 is 18.4 Å². The van der Waals surface area contributed by atoms with Gasteiger partial charge in [-0.2, -0.15) is 26.3 Å². The Balaban J connectivity index is 1.28. The average molecular weight is 522 g/mol. The van der Waals surface area contributed by atoms with Crippen LogP contribution in [0.1, 0.15) is 18.4 Å². The molecular weight excluding hydrogens is 498 g/mol. The Kier molecular flexibility index (Phi) is 7.20. The molecule has 3 aliphatic heterocycles. The van der Waals surface area contributed by atoms with Crippen molar-refractivity contribution in [2.75, 3.05) is 44.2 Å². The molecule has 3 aliphatic rings. The Morgan fingerprint density at radius 1 is 1.06 bits per heavy atom. The molecule has 2 fully saturated rings. The molecule has 36 heavy (non-hydrogen) atoms. The molecule has 0 radical (unpaired) electrons. The van der Waals surface area contributed by atoms with Gasteiger partial charge in [0, 0.05) is 51.3 Å². The molecule has 0 bridgehead atoms. The fourth-order valence-electron chi connectivity index (χ4n) is 4.26. The fraction of sp³-hybridized carbons (Fsp3) is 0.571. The maximum absolute atomic E-state index is 13.2. The summed E-state index contributed by atoms with van der Waals surface area (Å²) in [6.07, 6.45) is -6.73. The number of nitrogens with one attached hydrogen (secondary N) is 1. The van der Waals surface area contributed by atoms with Gasteiger partial charge in [0.25, 0.3) is 0 Å². The number of halogens is 6. The summed E-state index contributed by atoms with van der Waals surface area (Å²) < 4.78 is 83.0. The Morgan fingerprint density at radius 2 is 1.72 bits per heavy atom. The summed E-state index contributed by atoms with van der Waals surface area (Å²) in [5.74, 6) is 0.128. The summed E-state index contributed by atoms with van der Waals surface area (Å²) in [6.45, 7) is 1.50. The molecule has 0 aliphatic carbocycles. The predicted octanol–water partition coefficient (Wildman–Crippen LogP) is 2.47. The monoisotopic (exact) mass is 522 g/mol. The lowest BCUT2D eigenvalue weighted by molar-refractivity contribution is -0.138. The van der Waals surface area contributed by atoms with Crippen molar-refractivity contribution in [3.8, 4) is 0 Å². The first-order chi connectivity index (χ1) is 16.9. The van der Waals surface area contributed by atoms with E-state index in [2.05, 4.69) is 15.3 Å². The minimum Gasteiger partial charge on any atom is -0.447 e. The molecule has 1 amide bonds. The third-order valence-electron chi connectivity index (χ3n) is 6.21. The summed E-state index contributed by atoms with van der Waals surface area (Å²) in [7, 11) is 0. The number of ether oxygens (including phenoxy) is 1. The van der Waals surface area contributed by atoms with Gasteiger partial charge in [-0.3, -0.25) is 0 Å². The second kappa shape index (κ2) is 10.0. The van der Waals surface area contributed by atoms with Crippen LogP contribution in [-0.4, -0.2) is 88.7 Å². The van der Waals surface area contributed by atoms with Crippen molar-refractivity contribution < 1.29 is 41.0 Å². The summed E-state index contributed by atoms with van der Waals surface area (Å²) in [5, 5.41) is 11.9. The van der Waals surface area contributed by atoms with E-state index in [1.807, 2.05) is 0 Å². The Hall–Kier alpha value is -3.23. The number of hydrogen-bond acceptors (Lipinski definition) is 8. The summed E-state index contributed by atoms with van der Waals surface area (Å²) in [5.41, 5.74) is -1.80. The fourth-order valence-corrected chi connectivity index (χ4v) is 4.26. The second-order valence-electron chi connectivity index (χ2n) is 8.55. The molecule has 198 valence electrons. The number of anilines is 1. The van der Waals surface area contributed by atoms with Crippen LogP contribution in [-0.2, 0) is 10.9 Å². The maximum Gasteiger partial charge on any atom is 0.419 e. The first-order valence-corrected chi connectivity index (χ1v) is 11.2. The van der Waals surface area contributed by atoms with Gasteiger partial charge in [0.2, 0.25) is 5.95 Å². The van der Waals surface area contributed by atoms with Crippen molar-refractivity contribution in [3.05, 3.63) is 41.5 Å². The van der Waals surface area contributed by atoms with E-state index < -0.39 is 35.8 Å². The maximum atomic E-state index is 13.2. The number of likely N-dealkylation sites (tertiary alicyclic amines) is 1. The number of alkyl halides is 6. The second-order valence-corrected chi connectivity index (χ2v) is 8.55. The van der Waals surface area contributed by atoms with Crippen molar-refractivity contribution in [1.82, 2.24) is 25.1 Å². The number of piperazine rings is 1. The number of carbonyl (C=O) groups excluding carboxylic acids is 1. The number of dihydropyridines is 1. The lowest BCUT2D eigenvalue weighted by Crippen LogP contribution is -2.50. The number of hydrogen-bond donors (Lipinski definition) is 2. The van der Waals surface area contributed by atoms with Gasteiger partial charge in [-0.05, 0) is 18.9 Å². The molecule has 4 heterocycles. The Labute approximate surface area is 202 Å². The topological polar surface area (TPSA) is 94.1 Å². The number of carbonyl (C=O) groups is 1. The van der Waals surface area contributed by atoms with Crippen LogP contribution in [0.4, 0.5) is 37.1 Å². The number of aliphatic hydroxyl groups is 1. The highest BCUT2D eigenvalue weighted by molar-refractivity contribution is 5.68. The standard InChI is InChI=1S/C21H24F6N6O3/c22-20(23,24)13-9-29-18(30-10-13)31-4-6-32(7-5-31)19(35)36-12-14-2-1-3-33(14)15-8-16(21(25,26)27)17(34)28-11-15/h8-11,14,17,28,34H,1-7,12H2/t14-,17?/m0/s1. The Bertz CT molecular complexity index is 1000. The van der Waals surface area contributed by atoms with Gasteiger partial charge in [-0.1, -0.05) is 0 Å². The van der Waals surface area contributed by atoms with Crippen molar-refractivity contribution in [2.45, 2.75) is 37.5 Å². The lowest BCUT2D eigenvalue weighted by atomic mass is 10.1. The van der Waals surface area contributed by atoms with E-state index in [1.54, 1.807) is 9.80 Å². The molecule has 2 atom stereocenters. The highest BCUT2D eigenvalue weighted by Gasteiger charge is 2.41. The number of amides is 1. The third kappa shape index (κ3) is 5.77. The van der Waals surface area contributed by atoms with Crippen LogP contribution in [0.5, 0.6) is 0 Å². The van der Waals surface area contributed by atoms with Crippen molar-refractivity contribution in [3.63, 3.8) is 0 Å². The van der Waals surface area contributed by atoms with E-state index >= 15 is 0 Å². The number of aromatic nitrogens is 2. The minimum atomic E-state index is -4.69. The molecule has 9 nitrogen and oxygen atoms in total. The predicted molar refractivity (Wildman–Crippen MR) is 113 cm³/mol. The SMILES string of the molecule is O=C(OC[C@@H]1CCCN1C1=CNC(O)C(C(F)(F)F)=C1)N1CCN(c2ncc(C(F)(F)F)cn2)CC1. The quantitative estimate of drug-likeness (QED) is 0.583. The molecule has 1 aromatic rings. The molecule has 1 unspecified atom stereocenters. The molecule has 0 saturated carbocycles. The van der Waals surface area contributed by atoms with Gasteiger partial charge in [-0.15, -0.1) is 0 Å². The molecule has 4 rings (SSSR count). The summed E-state index contributed by atoms with van der Waals surface area (Å²) >= 11 is 0. The Morgan fingerprint density at radius 3 is 2.33 bits per heavy atom. The van der Waals surface area contributed by atoms with Crippen LogP contribution in [0.3, 0.4) is 0 Å². The van der Waals surface area contributed by atoms with Crippen molar-refractivity contribution in [1.29, 1.82) is 0 Å². The van der Waals surface area contributed by atoms with Crippen molar-refractivity contribution >= 4 is 12.0 Å². The van der Waals surface area contributed by atoms with E-state index in [0.717, 1.165) is 6.08 Å². The highest BCUT2D eigenvalue weighted by atomic mass is 19.4. The van der Waals surface area contributed by atoms with Gasteiger partial charge in [0.15, 0.2) is 6.23 Å². The lowest BCUT2D eigenvalue weighted by Gasteiger charge is -2.35. The number of allylic oxidation sites excluding steroid dienone is 1. The van der Waals surface area contributed by atoms with Crippen LogP contribution in [0, 0.1) is 0 Å². The van der Waals surface area contributed by atoms with Crippen LogP contribution in [0.25, 0.3) is 0 Å². The van der Waals surface area contributed by atoms with E-state index in [9.17, 15) is 36.2 Å². The molecular formula is C21H24F6N6O3. The minimum absolute atomic E-state index is 0.0316. The zero-order valence-electron chi connectivity index (χ0n) is 18.9. The third-order valence-corrected chi connectivity index (χ3v) is 6.21. The summed E-state index contributed by atoms with van der Waals surface area (Å²) in [4.78, 5) is 24.9. The van der Waals surface area contributed by atoms with Crippen LogP contribution in [0.2, 0.25) is 0 Å². The van der Waals surface area contributed by atoms with Crippen LogP contribution >= 0.6 is 0 Å². The normalized spacial score (nSPS) is 23.2. The molecule has 0 aromatic carbocycles. The van der Waals surface area contributed by atoms with E-state index in [1.165, 1.54) is 11.1 Å². The summed E-state index contributed by atoms with van der Waals surface area (Å²) in [6, 6.07) is -0.329. The first-order valence-electron chi connectivity index (χ1n) is 11.2. The van der Waals surface area contributed by atoms with E-state index in [0.29, 0.717) is 44.9 Å². The smallest absolute Gasteiger partial charge is 0.419 e. The first kappa shape index (κ1) is 25.9. The molecule has 0 spiro atoms. The number of nitrogens with zero attached hydrogens (tertiary/aromatic N) is 5. The number of aliphatic hydroxyl groups excluding tert-OH is 1. The number of rotatable bonds is 4. The van der Waals surface area contributed by atoms with Crippen molar-refractivity contribution in [2.24, 2.45) is 0 Å². The van der Waals surface area contributed by atoms with E-state index in [-0.39, 0.29) is 37.4 Å². The molecule has 2 saturated heterocycles. The van der Waals surface area contributed by atoms with Gasteiger partial charge < -0.3 is 29.9 Å². The van der Waals surface area contributed by atoms with Gasteiger partial charge in [-0.25, -0.2) is 14.8 Å². The van der Waals surface area contributed by atoms with Gasteiger partial charge in [0.05, 0.1) is 22.9 Å². The van der Waals surface area contributed by atoms with Crippen LogP contribution in [0.15, 0.2) is 35.9 Å². The zero-order valence-corrected chi connectivity index (χ0v) is 18.9. The molecule has 1 aromatic heterocycles. The molecule has 2 N–H and O–H groups in total. The van der Waals surface area contributed by atoms with E-state index in [4.69, 9.17) is 4.74 Å². The average Bonchev–Trinajstić information content (AvgIpc) is 3.30. The van der Waals surface area contributed by atoms with Crippen LogP contribution < -0.4 is 10.2 Å². The largest absolute Gasteiger partial charge is 0.447 e. The highest BCUT2D eigenvalue weighted by Crippen LogP contribution is 2.33. The van der Waals surface area contributed by atoms with Gasteiger partial charge in [0.1, 0.15) is 6.61 Å².